The van der Waals surface area contributed by atoms with E-state index in [4.69, 9.17) is 9.47 Å². The van der Waals surface area contributed by atoms with Gasteiger partial charge >= 0.3 is 11.9 Å². The number of carbonyl (C=O) groups is 2. The zero-order valence-corrected chi connectivity index (χ0v) is 41.6. The minimum atomic E-state index is -0.813. The molecule has 0 rings (SSSR count). The lowest BCUT2D eigenvalue weighted by Gasteiger charge is -2.15. The van der Waals surface area contributed by atoms with Gasteiger partial charge in [0, 0.05) is 12.8 Å². The van der Waals surface area contributed by atoms with Crippen molar-refractivity contribution >= 4 is 11.9 Å². The molecule has 0 spiro atoms. The third-order valence-corrected chi connectivity index (χ3v) is 10.0. The molecule has 0 amide bonds. The van der Waals surface area contributed by atoms with Crippen LogP contribution in [-0.4, -0.2) is 36.4 Å². The van der Waals surface area contributed by atoms with Gasteiger partial charge in [-0.2, -0.15) is 0 Å². The van der Waals surface area contributed by atoms with Gasteiger partial charge in [-0.1, -0.05) is 210 Å². The molecule has 0 aromatic carbocycles. The maximum absolute atomic E-state index is 12.3. The number of aliphatic hydroxyl groups is 1. The lowest BCUT2D eigenvalue weighted by atomic mass is 10.1. The van der Waals surface area contributed by atoms with Crippen LogP contribution in [0.5, 0.6) is 0 Å². The Bertz CT molecular complexity index is 1540. The SMILES string of the molecule is CC/C=C\C/C=C\C/C=C\C/C=C\C/C=C\C/C=C\C/C=C\C/C=C\C/C=C\CCCCCC(=O)OC(CO)COC(=O)CCCCCCC/C=C\C/C=C\C/C=C\C/C=C\C/C=C\CC. The largest absolute Gasteiger partial charge is 0.462 e. The number of hydrogen-bond acceptors (Lipinski definition) is 5. The molecular formula is C61H92O5. The minimum Gasteiger partial charge on any atom is -0.462 e. The summed E-state index contributed by atoms with van der Waals surface area (Å²) >= 11 is 0. The predicted octanol–water partition coefficient (Wildman–Crippen LogP) is 17.4. The second-order valence-corrected chi connectivity index (χ2v) is 16.1. The smallest absolute Gasteiger partial charge is 0.306 e. The summed E-state index contributed by atoms with van der Waals surface area (Å²) in [6, 6.07) is 0. The standard InChI is InChI=1S/C61H92O5/c1-3-5-7-9-11-13-15-17-19-21-23-25-26-27-28-29-30-31-32-33-34-36-38-40-42-44-46-48-50-52-54-56-61(64)66-59(57-62)58-65-60(63)55-53-51-49-47-45-43-41-39-37-35-24-22-20-18-16-14-12-10-8-6-4-2/h5-8,11-14,17-20,23-25,27-28,30-31,33-35,38-41,44,46,59,62H,3-4,9-10,15-16,21-22,26,29,32,36-37,42-43,45,47-58H2,1-2H3/b7-5-,8-6-,13-11-,14-12-,19-17-,20-18-,25-23-,28-27-,31-30-,34-33-,35-24-,40-38-,41-39-,46-44-. The first-order chi connectivity index (χ1) is 32.6. The Morgan fingerprint density at radius 3 is 0.924 bits per heavy atom. The van der Waals surface area contributed by atoms with Crippen molar-refractivity contribution in [1.29, 1.82) is 0 Å². The molecule has 0 saturated heterocycles. The van der Waals surface area contributed by atoms with Crippen LogP contribution in [0, 0.1) is 0 Å². The highest BCUT2D eigenvalue weighted by atomic mass is 16.6. The van der Waals surface area contributed by atoms with E-state index in [0.717, 1.165) is 154 Å². The van der Waals surface area contributed by atoms with Gasteiger partial charge in [-0.05, 0) is 128 Å². The zero-order valence-electron chi connectivity index (χ0n) is 41.6. The fraction of sp³-hybridized carbons (Fsp3) is 0.508. The Kier molecular flexibility index (Phi) is 50.7. The lowest BCUT2D eigenvalue weighted by Crippen LogP contribution is -2.28. The van der Waals surface area contributed by atoms with Crippen LogP contribution in [0.1, 0.15) is 181 Å². The monoisotopic (exact) mass is 905 g/mol. The highest BCUT2D eigenvalue weighted by Gasteiger charge is 2.16. The Hall–Kier alpha value is -4.74. The molecule has 1 atom stereocenters. The number of unbranched alkanes of at least 4 members (excludes halogenated alkanes) is 8. The van der Waals surface area contributed by atoms with Crippen molar-refractivity contribution in [2.45, 2.75) is 187 Å². The molecule has 0 aromatic heterocycles. The second kappa shape index (κ2) is 54.6. The van der Waals surface area contributed by atoms with Gasteiger partial charge in [-0.25, -0.2) is 0 Å². The minimum absolute atomic E-state index is 0.103. The predicted molar refractivity (Wildman–Crippen MR) is 287 cm³/mol. The number of esters is 2. The first kappa shape index (κ1) is 61.3. The molecule has 5 nitrogen and oxygen atoms in total. The Balaban J connectivity index is 3.73. The van der Waals surface area contributed by atoms with E-state index in [9.17, 15) is 14.7 Å². The first-order valence-electron chi connectivity index (χ1n) is 25.7. The maximum Gasteiger partial charge on any atom is 0.306 e. The van der Waals surface area contributed by atoms with Gasteiger partial charge < -0.3 is 14.6 Å². The summed E-state index contributed by atoms with van der Waals surface area (Å²) in [4.78, 5) is 24.5. The van der Waals surface area contributed by atoms with E-state index in [2.05, 4.69) is 184 Å². The van der Waals surface area contributed by atoms with Crippen molar-refractivity contribution in [3.8, 4) is 0 Å². The fourth-order valence-corrected chi connectivity index (χ4v) is 6.22. The van der Waals surface area contributed by atoms with Gasteiger partial charge in [0.15, 0.2) is 6.10 Å². The zero-order chi connectivity index (χ0) is 47.7. The molecule has 0 saturated carbocycles. The van der Waals surface area contributed by atoms with Gasteiger partial charge in [0.05, 0.1) is 6.61 Å². The maximum atomic E-state index is 12.3. The molecule has 1 N–H and O–H groups in total. The van der Waals surface area contributed by atoms with Gasteiger partial charge in [0.2, 0.25) is 0 Å². The molecule has 0 radical (unpaired) electrons. The molecule has 0 heterocycles. The van der Waals surface area contributed by atoms with Crippen LogP contribution >= 0.6 is 0 Å². The summed E-state index contributed by atoms with van der Waals surface area (Å²) < 4.78 is 10.6. The fourth-order valence-electron chi connectivity index (χ4n) is 6.22. The summed E-state index contributed by atoms with van der Waals surface area (Å²) in [5.74, 6) is -0.668. The molecule has 0 aromatic rings. The van der Waals surface area contributed by atoms with Crippen LogP contribution in [0.25, 0.3) is 0 Å². The van der Waals surface area contributed by atoms with Crippen molar-refractivity contribution < 1.29 is 24.2 Å². The quantitative estimate of drug-likeness (QED) is 0.0375. The van der Waals surface area contributed by atoms with Gasteiger partial charge in [0.25, 0.3) is 0 Å². The number of hydrogen-bond donors (Lipinski definition) is 1. The summed E-state index contributed by atoms with van der Waals surface area (Å²) in [6.07, 6.45) is 85.8. The topological polar surface area (TPSA) is 72.8 Å². The van der Waals surface area contributed by atoms with Crippen LogP contribution in [0.4, 0.5) is 0 Å². The molecule has 66 heavy (non-hydrogen) atoms. The van der Waals surface area contributed by atoms with Gasteiger partial charge in [-0.3, -0.25) is 9.59 Å². The summed E-state index contributed by atoms with van der Waals surface area (Å²) in [7, 11) is 0. The summed E-state index contributed by atoms with van der Waals surface area (Å²) in [5, 5.41) is 9.63. The third-order valence-electron chi connectivity index (χ3n) is 10.0. The van der Waals surface area contributed by atoms with Crippen LogP contribution in [0.15, 0.2) is 170 Å². The molecule has 0 aliphatic rings. The lowest BCUT2D eigenvalue weighted by molar-refractivity contribution is -0.161. The molecule has 366 valence electrons. The number of rotatable bonds is 44. The molecule has 0 aliphatic carbocycles. The average Bonchev–Trinajstić information content (AvgIpc) is 3.32. The van der Waals surface area contributed by atoms with Crippen LogP contribution in [-0.2, 0) is 19.1 Å². The van der Waals surface area contributed by atoms with Crippen molar-refractivity contribution in [2.75, 3.05) is 13.2 Å². The second-order valence-electron chi connectivity index (χ2n) is 16.1. The summed E-state index contributed by atoms with van der Waals surface area (Å²) in [5.41, 5.74) is 0. The van der Waals surface area contributed by atoms with E-state index in [0.29, 0.717) is 12.8 Å². The Morgan fingerprint density at radius 2 is 0.606 bits per heavy atom. The summed E-state index contributed by atoms with van der Waals surface area (Å²) in [6.45, 7) is 3.85. The van der Waals surface area contributed by atoms with Crippen LogP contribution in [0.3, 0.4) is 0 Å². The first-order valence-corrected chi connectivity index (χ1v) is 25.7. The Labute approximate surface area is 404 Å². The van der Waals surface area contributed by atoms with E-state index in [1.807, 2.05) is 0 Å². The van der Waals surface area contributed by atoms with Crippen LogP contribution in [0.2, 0.25) is 0 Å². The van der Waals surface area contributed by atoms with E-state index in [-0.39, 0.29) is 25.2 Å². The van der Waals surface area contributed by atoms with Crippen molar-refractivity contribution in [1.82, 2.24) is 0 Å². The third kappa shape index (κ3) is 51.9. The van der Waals surface area contributed by atoms with E-state index in [1.54, 1.807) is 0 Å². The van der Waals surface area contributed by atoms with E-state index < -0.39 is 6.10 Å². The number of ether oxygens (including phenoxy) is 2. The van der Waals surface area contributed by atoms with E-state index in [1.165, 1.54) is 0 Å². The van der Waals surface area contributed by atoms with Crippen LogP contribution < -0.4 is 0 Å². The molecule has 5 heteroatoms. The molecular weight excluding hydrogens is 813 g/mol. The molecule has 0 aliphatic heterocycles. The van der Waals surface area contributed by atoms with Crippen molar-refractivity contribution in [2.24, 2.45) is 0 Å². The number of aliphatic hydroxyl groups excluding tert-OH is 1. The van der Waals surface area contributed by atoms with E-state index >= 15 is 0 Å². The molecule has 1 unspecified atom stereocenters. The van der Waals surface area contributed by atoms with Crippen molar-refractivity contribution in [3.05, 3.63) is 170 Å². The highest BCUT2D eigenvalue weighted by molar-refractivity contribution is 5.70. The normalized spacial score (nSPS) is 13.7. The number of carbonyl (C=O) groups excluding carboxylic acids is 2. The molecule has 0 bridgehead atoms. The highest BCUT2D eigenvalue weighted by Crippen LogP contribution is 2.10. The average molecular weight is 905 g/mol. The van der Waals surface area contributed by atoms with Gasteiger partial charge in [0.1, 0.15) is 6.61 Å². The van der Waals surface area contributed by atoms with Gasteiger partial charge in [-0.15, -0.1) is 0 Å². The Morgan fingerprint density at radius 1 is 0.348 bits per heavy atom. The molecule has 0 fully saturated rings. The van der Waals surface area contributed by atoms with Crippen molar-refractivity contribution in [3.63, 3.8) is 0 Å². The number of allylic oxidation sites excluding steroid dienone is 28.